The highest BCUT2D eigenvalue weighted by Crippen LogP contribution is 2.28. The third-order valence-electron chi connectivity index (χ3n) is 4.07. The average molecular weight is 457 g/mol. The average Bonchev–Trinajstić information content (AvgIpc) is 3.04. The van der Waals surface area contributed by atoms with Crippen molar-refractivity contribution < 1.29 is 35.0 Å². The van der Waals surface area contributed by atoms with Gasteiger partial charge in [-0.25, -0.2) is 23.5 Å². The lowest BCUT2D eigenvalue weighted by atomic mass is 10.1. The van der Waals surface area contributed by atoms with Crippen LogP contribution in [-0.4, -0.2) is 26.4 Å². The summed E-state index contributed by atoms with van der Waals surface area (Å²) < 4.78 is 36.9. The molecule has 1 amide bonds. The molecule has 11 heteroatoms. The highest BCUT2D eigenvalue weighted by atomic mass is 35.5. The zero-order valence-electron chi connectivity index (χ0n) is 15.5. The SMILES string of the molecule is Cc1nc(N(C)C(=O)Cc2ccc(-c3[nH+]cccc3F)cc2)sc1S(N)(=O)=O.[Cl-]. The van der Waals surface area contributed by atoms with Crippen LogP contribution in [0.5, 0.6) is 0 Å². The molecule has 29 heavy (non-hydrogen) atoms. The molecule has 3 rings (SSSR count). The molecule has 0 spiro atoms. The summed E-state index contributed by atoms with van der Waals surface area (Å²) in [5.41, 5.74) is 2.02. The first-order chi connectivity index (χ1) is 13.2. The monoisotopic (exact) mass is 456 g/mol. The number of benzene rings is 1. The normalized spacial score (nSPS) is 11.0. The number of H-pyrrole nitrogens is 1. The summed E-state index contributed by atoms with van der Waals surface area (Å²) in [6.07, 6.45) is 1.72. The number of thiazole rings is 1. The molecular formula is C18H18ClFN4O3S2. The van der Waals surface area contributed by atoms with Gasteiger partial charge in [0.15, 0.2) is 21.4 Å². The predicted molar refractivity (Wildman–Crippen MR) is 104 cm³/mol. The van der Waals surface area contributed by atoms with Gasteiger partial charge < -0.3 is 12.4 Å². The zero-order chi connectivity index (χ0) is 20.5. The summed E-state index contributed by atoms with van der Waals surface area (Å²) in [6.45, 7) is 1.52. The Hall–Kier alpha value is -2.40. The lowest BCUT2D eigenvalue weighted by Gasteiger charge is -2.13. The van der Waals surface area contributed by atoms with E-state index < -0.39 is 10.0 Å². The first-order valence-electron chi connectivity index (χ1n) is 8.19. The second-order valence-corrected chi connectivity index (χ2v) is 8.87. The molecule has 2 aromatic heterocycles. The van der Waals surface area contributed by atoms with Gasteiger partial charge in [0, 0.05) is 18.7 Å². The maximum atomic E-state index is 13.8. The summed E-state index contributed by atoms with van der Waals surface area (Å²) >= 11 is 0.850. The van der Waals surface area contributed by atoms with E-state index in [1.807, 2.05) is 0 Å². The second kappa shape index (κ2) is 8.95. The number of hydrogen-bond donors (Lipinski definition) is 1. The van der Waals surface area contributed by atoms with Crippen LogP contribution in [-0.2, 0) is 21.2 Å². The van der Waals surface area contributed by atoms with Crippen molar-refractivity contribution >= 4 is 32.4 Å². The number of aromatic amines is 1. The number of anilines is 1. The minimum atomic E-state index is -3.88. The number of carbonyl (C=O) groups is 1. The molecule has 7 nitrogen and oxygen atoms in total. The fourth-order valence-electron chi connectivity index (χ4n) is 2.60. The molecule has 0 atom stereocenters. The standard InChI is InChI=1S/C18H17FN4O3S2.ClH/c1-11-17(28(20,25)26)27-18(22-11)23(2)15(24)10-12-5-7-13(8-6-12)16-14(19)4-3-9-21-16;/h3-9H,10H2,1-2H3,(H2,20,25,26);1H. The lowest BCUT2D eigenvalue weighted by Crippen LogP contribution is -3.00. The molecule has 0 aliphatic rings. The minimum Gasteiger partial charge on any atom is -1.00 e. The highest BCUT2D eigenvalue weighted by molar-refractivity contribution is 7.91. The molecule has 154 valence electrons. The topological polar surface area (TPSA) is 108 Å². The van der Waals surface area contributed by atoms with E-state index in [0.29, 0.717) is 11.3 Å². The van der Waals surface area contributed by atoms with E-state index in [4.69, 9.17) is 5.14 Å². The molecule has 0 saturated heterocycles. The van der Waals surface area contributed by atoms with Crippen molar-refractivity contribution in [3.63, 3.8) is 0 Å². The maximum absolute atomic E-state index is 13.8. The number of rotatable bonds is 5. The van der Waals surface area contributed by atoms with E-state index in [9.17, 15) is 17.6 Å². The van der Waals surface area contributed by atoms with Crippen LogP contribution in [0.2, 0.25) is 0 Å². The van der Waals surface area contributed by atoms with Gasteiger partial charge in [0.2, 0.25) is 21.6 Å². The number of likely N-dealkylation sites (N-methyl/N-ethyl adjacent to an activating group) is 1. The van der Waals surface area contributed by atoms with Crippen molar-refractivity contribution in [1.82, 2.24) is 4.98 Å². The van der Waals surface area contributed by atoms with E-state index in [-0.39, 0.29) is 45.6 Å². The number of carbonyl (C=O) groups excluding carboxylic acids is 1. The number of hydrogen-bond acceptors (Lipinski definition) is 5. The van der Waals surface area contributed by atoms with E-state index in [2.05, 4.69) is 9.97 Å². The molecule has 3 aromatic rings. The van der Waals surface area contributed by atoms with Crippen LogP contribution in [0.15, 0.2) is 46.8 Å². The molecule has 1 aromatic carbocycles. The molecule has 3 N–H and O–H groups in total. The van der Waals surface area contributed by atoms with E-state index in [1.54, 1.807) is 36.5 Å². The Labute approximate surface area is 177 Å². The third-order valence-corrected chi connectivity index (χ3v) is 6.85. The van der Waals surface area contributed by atoms with Crippen molar-refractivity contribution in [2.45, 2.75) is 17.6 Å². The molecule has 2 heterocycles. The molecule has 0 aliphatic heterocycles. The second-order valence-electron chi connectivity index (χ2n) is 6.13. The summed E-state index contributed by atoms with van der Waals surface area (Å²) in [5, 5.41) is 5.41. The number of nitrogens with one attached hydrogen (secondary N) is 1. The summed E-state index contributed by atoms with van der Waals surface area (Å²) in [5.74, 6) is -0.629. The van der Waals surface area contributed by atoms with Gasteiger partial charge in [-0.2, -0.15) is 4.39 Å². The first-order valence-corrected chi connectivity index (χ1v) is 10.6. The van der Waals surface area contributed by atoms with Crippen molar-refractivity contribution in [1.29, 1.82) is 0 Å². The van der Waals surface area contributed by atoms with Gasteiger partial charge >= 0.3 is 0 Å². The lowest BCUT2D eigenvalue weighted by molar-refractivity contribution is -0.367. The Morgan fingerprint density at radius 1 is 1.28 bits per heavy atom. The number of pyridine rings is 1. The summed E-state index contributed by atoms with van der Waals surface area (Å²) in [6, 6.07) is 9.87. The van der Waals surface area contributed by atoms with Gasteiger partial charge in [-0.3, -0.25) is 9.69 Å². The Balaban J connectivity index is 0.00000300. The quantitative estimate of drug-likeness (QED) is 0.527. The van der Waals surface area contributed by atoms with E-state index in [0.717, 1.165) is 16.9 Å². The third kappa shape index (κ3) is 5.15. The Morgan fingerprint density at radius 2 is 1.93 bits per heavy atom. The fourth-order valence-corrected chi connectivity index (χ4v) is 4.53. The van der Waals surface area contributed by atoms with Crippen molar-refractivity contribution in [3.05, 3.63) is 59.7 Å². The molecular weight excluding hydrogens is 439 g/mol. The molecule has 0 aliphatic carbocycles. The first kappa shape index (κ1) is 22.9. The van der Waals surface area contributed by atoms with Crippen LogP contribution in [0, 0.1) is 12.7 Å². The van der Waals surface area contributed by atoms with Crippen LogP contribution < -0.4 is 27.4 Å². The molecule has 0 bridgehead atoms. The maximum Gasteiger partial charge on any atom is 0.249 e. The molecule has 0 radical (unpaired) electrons. The summed E-state index contributed by atoms with van der Waals surface area (Å²) in [4.78, 5) is 20.8. The number of aryl methyl sites for hydroxylation is 1. The van der Waals surface area contributed by atoms with Gasteiger partial charge in [-0.1, -0.05) is 23.5 Å². The Morgan fingerprint density at radius 3 is 2.48 bits per heavy atom. The minimum absolute atomic E-state index is 0. The van der Waals surface area contributed by atoms with Crippen LogP contribution in [0.1, 0.15) is 11.3 Å². The van der Waals surface area contributed by atoms with Crippen LogP contribution in [0.3, 0.4) is 0 Å². The molecule has 0 fully saturated rings. The number of sulfonamides is 1. The van der Waals surface area contributed by atoms with Gasteiger partial charge in [0.25, 0.3) is 0 Å². The Kier molecular flexibility index (Phi) is 7.06. The number of primary sulfonamides is 1. The number of amides is 1. The van der Waals surface area contributed by atoms with Gasteiger partial charge in [0.1, 0.15) is 0 Å². The van der Waals surface area contributed by atoms with E-state index in [1.165, 1.54) is 24.9 Å². The number of nitrogens with two attached hydrogens (primary N) is 1. The van der Waals surface area contributed by atoms with Crippen LogP contribution >= 0.6 is 11.3 Å². The highest BCUT2D eigenvalue weighted by Gasteiger charge is 2.22. The number of nitrogens with zero attached hydrogens (tertiary/aromatic N) is 2. The fraction of sp³-hybridized carbons (Fsp3) is 0.167. The van der Waals surface area contributed by atoms with Gasteiger partial charge in [-0.15, -0.1) is 0 Å². The Bertz CT molecular complexity index is 1130. The predicted octanol–water partition coefficient (Wildman–Crippen LogP) is -1.07. The van der Waals surface area contributed by atoms with Gasteiger partial charge in [0.05, 0.1) is 12.1 Å². The van der Waals surface area contributed by atoms with Crippen molar-refractivity contribution in [3.8, 4) is 11.3 Å². The zero-order valence-corrected chi connectivity index (χ0v) is 17.9. The van der Waals surface area contributed by atoms with Gasteiger partial charge in [-0.05, 0) is 30.7 Å². The van der Waals surface area contributed by atoms with Crippen LogP contribution in [0.25, 0.3) is 11.3 Å². The van der Waals surface area contributed by atoms with Crippen molar-refractivity contribution in [2.75, 3.05) is 11.9 Å². The number of aromatic nitrogens is 2. The molecule has 0 unspecified atom stereocenters. The summed E-state index contributed by atoms with van der Waals surface area (Å²) in [7, 11) is -2.36. The smallest absolute Gasteiger partial charge is 0.249 e. The molecule has 0 saturated carbocycles. The van der Waals surface area contributed by atoms with Crippen LogP contribution in [0.4, 0.5) is 9.52 Å². The van der Waals surface area contributed by atoms with Crippen molar-refractivity contribution in [2.24, 2.45) is 5.14 Å². The number of halogens is 2. The van der Waals surface area contributed by atoms with E-state index >= 15 is 0 Å². The largest absolute Gasteiger partial charge is 1.00 e.